The maximum absolute atomic E-state index is 11.8. The summed E-state index contributed by atoms with van der Waals surface area (Å²) in [6.07, 6.45) is 2.26. The van der Waals surface area contributed by atoms with Crippen molar-refractivity contribution in [1.29, 1.82) is 5.26 Å². The largest absolute Gasteiger partial charge is 0.354 e. The highest BCUT2D eigenvalue weighted by Crippen LogP contribution is 2.17. The number of hydrogen-bond donors (Lipinski definition) is 2. The van der Waals surface area contributed by atoms with E-state index in [1.807, 2.05) is 22.9 Å². The number of fused-ring (bicyclic) bond motifs is 1. The number of nitrogens with one attached hydrogen (secondary N) is 2. The van der Waals surface area contributed by atoms with Crippen LogP contribution in [0.2, 0.25) is 0 Å². The van der Waals surface area contributed by atoms with Crippen LogP contribution in [-0.4, -0.2) is 23.6 Å². The van der Waals surface area contributed by atoms with E-state index in [-0.39, 0.29) is 12.5 Å². The van der Waals surface area contributed by atoms with Crippen molar-refractivity contribution < 1.29 is 4.79 Å². The summed E-state index contributed by atoms with van der Waals surface area (Å²) in [5.74, 6) is -0.0696. The van der Waals surface area contributed by atoms with Crippen molar-refractivity contribution in [1.82, 2.24) is 15.2 Å². The number of rotatable bonds is 7. The van der Waals surface area contributed by atoms with E-state index in [1.165, 1.54) is 5.56 Å². The van der Waals surface area contributed by atoms with Crippen LogP contribution in [0.15, 0.2) is 30.5 Å². The standard InChI is InChI=1S/C16H20N4O/c1-2-18-11-13-4-5-14-6-9-20(15(14)10-13)12-16(21)19-8-3-7-17/h4-6,9-10,18H,2-3,8,11-12H2,1H3,(H,19,21). The topological polar surface area (TPSA) is 69.8 Å². The molecule has 1 aromatic heterocycles. The van der Waals surface area contributed by atoms with Gasteiger partial charge in [-0.2, -0.15) is 5.26 Å². The number of aromatic nitrogens is 1. The van der Waals surface area contributed by atoms with Gasteiger partial charge >= 0.3 is 0 Å². The summed E-state index contributed by atoms with van der Waals surface area (Å²) >= 11 is 0. The maximum Gasteiger partial charge on any atom is 0.239 e. The Morgan fingerprint density at radius 1 is 1.38 bits per heavy atom. The van der Waals surface area contributed by atoms with Crippen LogP contribution in [0, 0.1) is 11.3 Å². The molecule has 110 valence electrons. The van der Waals surface area contributed by atoms with E-state index < -0.39 is 0 Å². The Morgan fingerprint density at radius 3 is 3.00 bits per heavy atom. The highest BCUT2D eigenvalue weighted by molar-refractivity contribution is 5.83. The normalized spacial score (nSPS) is 10.5. The minimum Gasteiger partial charge on any atom is -0.354 e. The molecule has 0 aliphatic rings. The monoisotopic (exact) mass is 284 g/mol. The lowest BCUT2D eigenvalue weighted by Crippen LogP contribution is -2.28. The third-order valence-corrected chi connectivity index (χ3v) is 3.29. The molecule has 1 heterocycles. The molecular formula is C16H20N4O. The Balaban J connectivity index is 2.09. The van der Waals surface area contributed by atoms with E-state index >= 15 is 0 Å². The molecule has 5 heteroatoms. The molecule has 2 N–H and O–H groups in total. The van der Waals surface area contributed by atoms with E-state index in [0.717, 1.165) is 24.0 Å². The Morgan fingerprint density at radius 2 is 2.24 bits per heavy atom. The number of hydrogen-bond acceptors (Lipinski definition) is 3. The summed E-state index contributed by atoms with van der Waals surface area (Å²) in [5, 5.41) is 15.6. The van der Waals surface area contributed by atoms with E-state index in [2.05, 4.69) is 35.8 Å². The van der Waals surface area contributed by atoms with Crippen molar-refractivity contribution in [3.63, 3.8) is 0 Å². The molecule has 1 aromatic carbocycles. The van der Waals surface area contributed by atoms with Crippen molar-refractivity contribution in [3.8, 4) is 6.07 Å². The number of carbonyl (C=O) groups is 1. The summed E-state index contributed by atoms with van der Waals surface area (Å²) in [6, 6.07) is 10.3. The SMILES string of the molecule is CCNCc1ccc2ccn(CC(=O)NCCC#N)c2c1. The van der Waals surface area contributed by atoms with Crippen LogP contribution in [0.3, 0.4) is 0 Å². The highest BCUT2D eigenvalue weighted by atomic mass is 16.1. The molecule has 0 aliphatic carbocycles. The molecule has 0 saturated carbocycles. The van der Waals surface area contributed by atoms with E-state index in [1.54, 1.807) is 0 Å². The molecule has 0 unspecified atom stereocenters. The van der Waals surface area contributed by atoms with Gasteiger partial charge in [-0.25, -0.2) is 0 Å². The van der Waals surface area contributed by atoms with Gasteiger partial charge in [0.1, 0.15) is 6.54 Å². The fourth-order valence-corrected chi connectivity index (χ4v) is 2.22. The molecule has 5 nitrogen and oxygen atoms in total. The number of nitrogens with zero attached hydrogens (tertiary/aromatic N) is 2. The predicted octanol–water partition coefficient (Wildman–Crippen LogP) is 1.78. The van der Waals surface area contributed by atoms with Gasteiger partial charge in [-0.1, -0.05) is 19.1 Å². The first-order valence-corrected chi connectivity index (χ1v) is 7.16. The zero-order chi connectivity index (χ0) is 15.1. The Labute approximate surface area is 124 Å². The minimum absolute atomic E-state index is 0.0696. The third-order valence-electron chi connectivity index (χ3n) is 3.29. The molecule has 0 radical (unpaired) electrons. The molecule has 21 heavy (non-hydrogen) atoms. The van der Waals surface area contributed by atoms with Crippen LogP contribution in [-0.2, 0) is 17.9 Å². The first-order valence-electron chi connectivity index (χ1n) is 7.16. The number of nitriles is 1. The van der Waals surface area contributed by atoms with Crippen LogP contribution in [0.4, 0.5) is 0 Å². The Bertz CT molecular complexity index is 654. The third kappa shape index (κ3) is 4.07. The molecule has 0 spiro atoms. The molecule has 0 aliphatic heterocycles. The van der Waals surface area contributed by atoms with Crippen molar-refractivity contribution in [2.45, 2.75) is 26.4 Å². The maximum atomic E-state index is 11.8. The second kappa shape index (κ2) is 7.46. The summed E-state index contributed by atoms with van der Waals surface area (Å²) in [6.45, 7) is 4.51. The van der Waals surface area contributed by atoms with Crippen LogP contribution < -0.4 is 10.6 Å². The van der Waals surface area contributed by atoms with Crippen molar-refractivity contribution in [2.24, 2.45) is 0 Å². The van der Waals surface area contributed by atoms with Crippen LogP contribution in [0.25, 0.3) is 10.9 Å². The molecule has 0 saturated heterocycles. The van der Waals surface area contributed by atoms with Gasteiger partial charge in [-0.05, 0) is 29.6 Å². The molecule has 0 bridgehead atoms. The number of benzene rings is 1. The van der Waals surface area contributed by atoms with Crippen LogP contribution in [0.1, 0.15) is 18.9 Å². The fraction of sp³-hybridized carbons (Fsp3) is 0.375. The molecule has 0 fully saturated rings. The zero-order valence-electron chi connectivity index (χ0n) is 12.2. The minimum atomic E-state index is -0.0696. The summed E-state index contributed by atoms with van der Waals surface area (Å²) in [5.41, 5.74) is 2.26. The van der Waals surface area contributed by atoms with Gasteiger partial charge in [0.2, 0.25) is 5.91 Å². The molecule has 0 atom stereocenters. The Kier molecular flexibility index (Phi) is 5.35. The summed E-state index contributed by atoms with van der Waals surface area (Å²) in [4.78, 5) is 11.8. The van der Waals surface area contributed by atoms with Gasteiger partial charge < -0.3 is 15.2 Å². The van der Waals surface area contributed by atoms with Crippen molar-refractivity contribution >= 4 is 16.8 Å². The second-order valence-corrected chi connectivity index (χ2v) is 4.88. The Hall–Kier alpha value is -2.32. The lowest BCUT2D eigenvalue weighted by Gasteiger charge is -2.08. The lowest BCUT2D eigenvalue weighted by atomic mass is 10.1. The van der Waals surface area contributed by atoms with Gasteiger partial charge in [-0.3, -0.25) is 4.79 Å². The smallest absolute Gasteiger partial charge is 0.239 e. The van der Waals surface area contributed by atoms with Crippen molar-refractivity contribution in [3.05, 3.63) is 36.0 Å². The first-order chi connectivity index (χ1) is 10.2. The molecular weight excluding hydrogens is 264 g/mol. The van der Waals surface area contributed by atoms with Gasteiger partial charge in [0.05, 0.1) is 12.5 Å². The van der Waals surface area contributed by atoms with E-state index in [9.17, 15) is 4.79 Å². The van der Waals surface area contributed by atoms with E-state index in [4.69, 9.17) is 5.26 Å². The first kappa shape index (κ1) is 15.1. The second-order valence-electron chi connectivity index (χ2n) is 4.88. The highest BCUT2D eigenvalue weighted by Gasteiger charge is 2.06. The number of carbonyl (C=O) groups excluding carboxylic acids is 1. The predicted molar refractivity (Wildman–Crippen MR) is 82.6 cm³/mol. The van der Waals surface area contributed by atoms with E-state index in [0.29, 0.717) is 13.0 Å². The van der Waals surface area contributed by atoms with Gasteiger partial charge in [0, 0.05) is 24.8 Å². The van der Waals surface area contributed by atoms with Gasteiger partial charge in [0.15, 0.2) is 0 Å². The van der Waals surface area contributed by atoms with Gasteiger partial charge in [-0.15, -0.1) is 0 Å². The average molecular weight is 284 g/mol. The molecule has 1 amide bonds. The fourth-order valence-electron chi connectivity index (χ4n) is 2.22. The lowest BCUT2D eigenvalue weighted by molar-refractivity contribution is -0.121. The quantitative estimate of drug-likeness (QED) is 0.761. The zero-order valence-corrected chi connectivity index (χ0v) is 12.2. The van der Waals surface area contributed by atoms with Crippen molar-refractivity contribution in [2.75, 3.05) is 13.1 Å². The summed E-state index contributed by atoms with van der Waals surface area (Å²) in [7, 11) is 0. The summed E-state index contributed by atoms with van der Waals surface area (Å²) < 4.78 is 1.94. The van der Waals surface area contributed by atoms with Crippen LogP contribution >= 0.6 is 0 Å². The molecule has 2 rings (SSSR count). The molecule has 2 aromatic rings. The van der Waals surface area contributed by atoms with Crippen LogP contribution in [0.5, 0.6) is 0 Å². The number of amides is 1. The van der Waals surface area contributed by atoms with Gasteiger partial charge in [0.25, 0.3) is 0 Å². The average Bonchev–Trinajstić information content (AvgIpc) is 2.88.